The van der Waals surface area contributed by atoms with Crippen LogP contribution in [0.25, 0.3) is 33.8 Å². The van der Waals surface area contributed by atoms with Gasteiger partial charge in [-0.15, -0.1) is 0 Å². The number of nitrogens with zero attached hydrogens (tertiary/aromatic N) is 4. The van der Waals surface area contributed by atoms with Gasteiger partial charge in [0.05, 0.1) is 5.56 Å². The third-order valence-electron chi connectivity index (χ3n) is 5.68. The third-order valence-corrected chi connectivity index (χ3v) is 5.68. The Morgan fingerprint density at radius 3 is 2.81 bits per heavy atom. The van der Waals surface area contributed by atoms with Crippen LogP contribution in [0.2, 0.25) is 0 Å². The first kappa shape index (κ1) is 20.1. The van der Waals surface area contributed by atoms with Crippen molar-refractivity contribution in [3.8, 4) is 22.6 Å². The summed E-state index contributed by atoms with van der Waals surface area (Å²) in [7, 11) is 0. The maximum absolute atomic E-state index is 12.6. The van der Waals surface area contributed by atoms with Gasteiger partial charge in [-0.25, -0.2) is 9.97 Å². The van der Waals surface area contributed by atoms with Crippen LogP contribution in [-0.4, -0.2) is 51.9 Å². The number of rotatable bonds is 6. The van der Waals surface area contributed by atoms with E-state index in [1.54, 1.807) is 24.5 Å². The largest absolute Gasteiger partial charge is 0.434 e. The fraction of sp³-hybridized carbons (Fsp3) is 0.250. The van der Waals surface area contributed by atoms with Crippen molar-refractivity contribution in [3.63, 3.8) is 0 Å². The number of amides is 1. The second-order valence-electron chi connectivity index (χ2n) is 7.89. The van der Waals surface area contributed by atoms with E-state index in [9.17, 15) is 4.79 Å². The number of benzene rings is 1. The van der Waals surface area contributed by atoms with Crippen LogP contribution in [-0.2, 0) is 0 Å². The summed E-state index contributed by atoms with van der Waals surface area (Å²) >= 11 is 0. The van der Waals surface area contributed by atoms with E-state index in [-0.39, 0.29) is 5.91 Å². The number of oxazole rings is 1. The van der Waals surface area contributed by atoms with Crippen LogP contribution >= 0.6 is 0 Å². The van der Waals surface area contributed by atoms with E-state index in [2.05, 4.69) is 25.2 Å². The number of nitrogens with one attached hydrogen (secondary N) is 1. The van der Waals surface area contributed by atoms with E-state index in [0.717, 1.165) is 30.8 Å². The van der Waals surface area contributed by atoms with E-state index in [1.165, 1.54) is 12.8 Å². The Morgan fingerprint density at radius 2 is 1.97 bits per heavy atom. The Hall–Kier alpha value is -3.78. The predicted octanol–water partition coefficient (Wildman–Crippen LogP) is 3.36. The number of nitrogen functional groups attached to an aromatic ring is 1. The smallest absolute Gasteiger partial charge is 0.251 e. The molecule has 1 amide bonds. The molecule has 0 spiro atoms. The average molecular weight is 428 g/mol. The predicted molar refractivity (Wildman–Crippen MR) is 123 cm³/mol. The van der Waals surface area contributed by atoms with Gasteiger partial charge in [0.2, 0.25) is 5.89 Å². The molecule has 1 fully saturated rings. The summed E-state index contributed by atoms with van der Waals surface area (Å²) in [6, 6.07) is 12.9. The molecule has 1 aromatic carbocycles. The number of carbonyl (C=O) groups excluding carboxylic acids is 1. The number of fused-ring (bicyclic) bond motifs is 1. The van der Waals surface area contributed by atoms with Gasteiger partial charge in [-0.2, -0.15) is 4.98 Å². The molecule has 8 heteroatoms. The molecule has 162 valence electrons. The molecular weight excluding hydrogens is 404 g/mol. The molecule has 0 unspecified atom stereocenters. The van der Waals surface area contributed by atoms with E-state index < -0.39 is 0 Å². The summed E-state index contributed by atoms with van der Waals surface area (Å²) in [6.45, 7) is 3.76. The normalized spacial score (nSPS) is 14.1. The fourth-order valence-corrected chi connectivity index (χ4v) is 3.96. The van der Waals surface area contributed by atoms with Crippen LogP contribution in [0.3, 0.4) is 0 Å². The SMILES string of the molecule is Nc1ncc(-c2cccc(C(=O)NCCN3CCCC3)c2)cc1-c1nc2ncccc2o1. The maximum Gasteiger partial charge on any atom is 0.251 e. The minimum Gasteiger partial charge on any atom is -0.434 e. The molecule has 0 saturated carbocycles. The van der Waals surface area contributed by atoms with Gasteiger partial charge in [-0.05, 0) is 61.8 Å². The van der Waals surface area contributed by atoms with Gasteiger partial charge < -0.3 is 20.4 Å². The third kappa shape index (κ3) is 4.17. The second-order valence-corrected chi connectivity index (χ2v) is 7.89. The number of hydrogen-bond acceptors (Lipinski definition) is 7. The summed E-state index contributed by atoms with van der Waals surface area (Å²) in [5.74, 6) is 0.595. The van der Waals surface area contributed by atoms with Crippen molar-refractivity contribution in [2.24, 2.45) is 0 Å². The van der Waals surface area contributed by atoms with Crippen LogP contribution in [0.5, 0.6) is 0 Å². The summed E-state index contributed by atoms with van der Waals surface area (Å²) in [5.41, 5.74) is 10.1. The van der Waals surface area contributed by atoms with Crippen molar-refractivity contribution in [2.45, 2.75) is 12.8 Å². The Kier molecular flexibility index (Phi) is 5.51. The van der Waals surface area contributed by atoms with Gasteiger partial charge in [0, 0.05) is 36.6 Å². The van der Waals surface area contributed by atoms with Gasteiger partial charge >= 0.3 is 0 Å². The highest BCUT2D eigenvalue weighted by atomic mass is 16.3. The number of hydrogen-bond donors (Lipinski definition) is 2. The maximum atomic E-state index is 12.6. The molecule has 4 heterocycles. The zero-order chi connectivity index (χ0) is 21.9. The summed E-state index contributed by atoms with van der Waals surface area (Å²) in [4.78, 5) is 28.0. The van der Waals surface area contributed by atoms with Gasteiger partial charge in [0.1, 0.15) is 5.82 Å². The minimum atomic E-state index is -0.0836. The van der Waals surface area contributed by atoms with Crippen molar-refractivity contribution in [1.82, 2.24) is 25.2 Å². The molecule has 3 aromatic heterocycles. The van der Waals surface area contributed by atoms with Crippen LogP contribution in [0.1, 0.15) is 23.2 Å². The highest BCUT2D eigenvalue weighted by molar-refractivity contribution is 5.95. The van der Waals surface area contributed by atoms with Gasteiger partial charge in [-0.1, -0.05) is 12.1 Å². The van der Waals surface area contributed by atoms with Crippen LogP contribution < -0.4 is 11.1 Å². The molecule has 1 aliphatic rings. The zero-order valence-corrected chi connectivity index (χ0v) is 17.6. The molecule has 5 rings (SSSR count). The molecule has 4 aromatic rings. The fourth-order valence-electron chi connectivity index (χ4n) is 3.96. The molecule has 0 aliphatic carbocycles. The summed E-state index contributed by atoms with van der Waals surface area (Å²) in [6.07, 6.45) is 5.83. The second kappa shape index (κ2) is 8.76. The molecule has 8 nitrogen and oxygen atoms in total. The standard InChI is InChI=1S/C24H24N6O2/c25-21-19(24-29-22-20(32-24)7-4-8-26-22)14-18(15-28-21)16-5-3-6-17(13-16)23(31)27-9-12-30-10-1-2-11-30/h3-8,13-15H,1-2,9-12H2,(H2,25,28)(H,27,31). The van der Waals surface area contributed by atoms with Gasteiger partial charge in [-0.3, -0.25) is 4.79 Å². The molecule has 3 N–H and O–H groups in total. The van der Waals surface area contributed by atoms with Crippen molar-refractivity contribution in [1.29, 1.82) is 0 Å². The average Bonchev–Trinajstić information content (AvgIpc) is 3.49. The molecular formula is C24H24N6O2. The zero-order valence-electron chi connectivity index (χ0n) is 17.6. The van der Waals surface area contributed by atoms with Crippen LogP contribution in [0.15, 0.2) is 59.3 Å². The Bertz CT molecular complexity index is 1230. The quantitative estimate of drug-likeness (QED) is 0.484. The highest BCUT2D eigenvalue weighted by Gasteiger charge is 2.15. The first-order valence-corrected chi connectivity index (χ1v) is 10.8. The van der Waals surface area contributed by atoms with Crippen molar-refractivity contribution in [2.75, 3.05) is 31.9 Å². The topological polar surface area (TPSA) is 110 Å². The lowest BCUT2D eigenvalue weighted by Crippen LogP contribution is -2.33. The number of pyridine rings is 2. The Labute approximate surface area is 185 Å². The Morgan fingerprint density at radius 1 is 1.09 bits per heavy atom. The molecule has 1 aliphatic heterocycles. The number of nitrogens with two attached hydrogens (primary N) is 1. The molecule has 0 bridgehead atoms. The molecule has 0 atom stereocenters. The lowest BCUT2D eigenvalue weighted by atomic mass is 10.0. The molecule has 1 saturated heterocycles. The van der Waals surface area contributed by atoms with Crippen LogP contribution in [0, 0.1) is 0 Å². The summed E-state index contributed by atoms with van der Waals surface area (Å²) in [5, 5.41) is 3.02. The highest BCUT2D eigenvalue weighted by Crippen LogP contribution is 2.31. The van der Waals surface area contributed by atoms with E-state index in [0.29, 0.717) is 40.6 Å². The molecule has 32 heavy (non-hydrogen) atoms. The first-order valence-electron chi connectivity index (χ1n) is 10.8. The van der Waals surface area contributed by atoms with Gasteiger partial charge in [0.25, 0.3) is 5.91 Å². The summed E-state index contributed by atoms with van der Waals surface area (Å²) < 4.78 is 5.81. The number of carbonyl (C=O) groups is 1. The Balaban J connectivity index is 1.36. The first-order chi connectivity index (χ1) is 15.7. The monoisotopic (exact) mass is 428 g/mol. The number of likely N-dealkylation sites (tertiary alicyclic amines) is 1. The number of aromatic nitrogens is 3. The van der Waals surface area contributed by atoms with E-state index in [1.807, 2.05) is 30.3 Å². The van der Waals surface area contributed by atoms with E-state index in [4.69, 9.17) is 10.2 Å². The van der Waals surface area contributed by atoms with Crippen molar-refractivity contribution < 1.29 is 9.21 Å². The lowest BCUT2D eigenvalue weighted by molar-refractivity contribution is 0.0950. The molecule has 0 radical (unpaired) electrons. The minimum absolute atomic E-state index is 0.0836. The van der Waals surface area contributed by atoms with Crippen LogP contribution in [0.4, 0.5) is 5.82 Å². The lowest BCUT2D eigenvalue weighted by Gasteiger charge is -2.15. The van der Waals surface area contributed by atoms with Crippen molar-refractivity contribution >= 4 is 23.0 Å². The van der Waals surface area contributed by atoms with Crippen molar-refractivity contribution in [3.05, 3.63) is 60.4 Å². The number of anilines is 1. The van der Waals surface area contributed by atoms with E-state index >= 15 is 0 Å². The van der Waals surface area contributed by atoms with Gasteiger partial charge in [0.15, 0.2) is 11.2 Å².